The van der Waals surface area contributed by atoms with Crippen molar-refractivity contribution in [3.05, 3.63) is 22.4 Å². The molecule has 1 aliphatic carbocycles. The van der Waals surface area contributed by atoms with Gasteiger partial charge in [-0.3, -0.25) is 0 Å². The summed E-state index contributed by atoms with van der Waals surface area (Å²) in [4.78, 5) is 0. The van der Waals surface area contributed by atoms with Crippen molar-refractivity contribution in [3.8, 4) is 0 Å². The molecule has 2 rings (SSSR count). The third-order valence-corrected chi connectivity index (χ3v) is 3.01. The Labute approximate surface area is 70.7 Å². The zero-order chi connectivity index (χ0) is 7.73. The third-order valence-electron chi connectivity index (χ3n) is 2.40. The summed E-state index contributed by atoms with van der Waals surface area (Å²) in [6, 6.07) is 1.98. The Hall–Kier alpha value is -0.340. The molecule has 1 heterocycles. The van der Waals surface area contributed by atoms with Crippen molar-refractivity contribution >= 4 is 11.3 Å². The molecular weight excluding hydrogens is 156 g/mol. The monoisotopic (exact) mass is 167 g/mol. The predicted molar refractivity (Wildman–Crippen MR) is 45.5 cm³/mol. The maximum absolute atomic E-state index is 10.0. The number of hydrogen-bond acceptors (Lipinski definition) is 2. The molecule has 1 N–H and O–H groups in total. The molecule has 1 fully saturated rings. The predicted octanol–water partition coefficient (Wildman–Crippen LogP) is 2.31. The van der Waals surface area contributed by atoms with E-state index in [2.05, 4.69) is 5.38 Å². The van der Waals surface area contributed by atoms with Gasteiger partial charge in [0.25, 0.3) is 0 Å². The smallest absolute Gasteiger partial charge is 0.0911 e. The van der Waals surface area contributed by atoms with Crippen LogP contribution in [0.25, 0.3) is 0 Å². The van der Waals surface area contributed by atoms with E-state index in [4.69, 9.17) is 0 Å². The van der Waals surface area contributed by atoms with Crippen LogP contribution in [0.5, 0.6) is 0 Å². The van der Waals surface area contributed by atoms with E-state index in [1.807, 2.05) is 11.4 Å². The van der Waals surface area contributed by atoms with Gasteiger partial charge in [-0.05, 0) is 24.3 Å². The molecule has 0 spiro atoms. The van der Waals surface area contributed by atoms with Crippen molar-refractivity contribution in [2.75, 3.05) is 0 Å². The van der Waals surface area contributed by atoms with Crippen molar-refractivity contribution in [3.63, 3.8) is 0 Å². The molecule has 2 heteroatoms. The van der Waals surface area contributed by atoms with E-state index >= 15 is 0 Å². The van der Waals surface area contributed by atoms with E-state index in [9.17, 15) is 5.11 Å². The summed E-state index contributed by atoms with van der Waals surface area (Å²) in [5.74, 6) is 0. The molecule has 0 amide bonds. The van der Waals surface area contributed by atoms with Crippen molar-refractivity contribution in [2.45, 2.75) is 31.3 Å². The SMILES string of the molecule is OC1(c2[c]scc2)CCCC1. The average molecular weight is 167 g/mol. The van der Waals surface area contributed by atoms with Crippen LogP contribution >= 0.6 is 11.3 Å². The minimum absolute atomic E-state index is 0.528. The molecule has 11 heavy (non-hydrogen) atoms. The molecule has 0 bridgehead atoms. The van der Waals surface area contributed by atoms with Gasteiger partial charge in [0.1, 0.15) is 0 Å². The number of rotatable bonds is 1. The van der Waals surface area contributed by atoms with Gasteiger partial charge in [-0.1, -0.05) is 12.8 Å². The summed E-state index contributed by atoms with van der Waals surface area (Å²) in [5, 5.41) is 15.1. The van der Waals surface area contributed by atoms with Crippen LogP contribution in [0.1, 0.15) is 31.2 Å². The van der Waals surface area contributed by atoms with E-state index in [0.29, 0.717) is 0 Å². The molecule has 1 aromatic heterocycles. The molecule has 1 nitrogen and oxygen atoms in total. The van der Waals surface area contributed by atoms with E-state index in [1.54, 1.807) is 0 Å². The van der Waals surface area contributed by atoms with Crippen molar-refractivity contribution in [2.24, 2.45) is 0 Å². The summed E-state index contributed by atoms with van der Waals surface area (Å²) in [7, 11) is 0. The highest BCUT2D eigenvalue weighted by Gasteiger charge is 2.33. The molecular formula is C9H11OS. The van der Waals surface area contributed by atoms with Crippen molar-refractivity contribution in [1.29, 1.82) is 0 Å². The van der Waals surface area contributed by atoms with Gasteiger partial charge in [0.15, 0.2) is 0 Å². The Morgan fingerprint density at radius 1 is 1.45 bits per heavy atom. The minimum atomic E-state index is -0.528. The Morgan fingerprint density at radius 3 is 2.73 bits per heavy atom. The van der Waals surface area contributed by atoms with Gasteiger partial charge in [-0.25, -0.2) is 0 Å². The Balaban J connectivity index is 2.27. The zero-order valence-corrected chi connectivity index (χ0v) is 7.16. The Kier molecular flexibility index (Phi) is 1.74. The first kappa shape index (κ1) is 7.32. The highest BCUT2D eigenvalue weighted by Crippen LogP contribution is 2.38. The van der Waals surface area contributed by atoms with Crippen LogP contribution in [0.3, 0.4) is 0 Å². The standard InChI is InChI=1S/C9H11OS/c10-9(4-1-2-5-9)8-3-6-11-7-8/h3,6,10H,1-2,4-5H2. The van der Waals surface area contributed by atoms with E-state index in [-0.39, 0.29) is 0 Å². The fraction of sp³-hybridized carbons (Fsp3) is 0.556. The Bertz CT molecular complexity index is 222. The molecule has 0 aromatic carbocycles. The molecule has 59 valence electrons. The van der Waals surface area contributed by atoms with Gasteiger partial charge in [-0.15, -0.1) is 11.3 Å². The quantitative estimate of drug-likeness (QED) is 0.680. The zero-order valence-electron chi connectivity index (χ0n) is 6.34. The second-order valence-corrected chi connectivity index (χ2v) is 3.89. The van der Waals surface area contributed by atoms with Gasteiger partial charge in [0.05, 0.1) is 11.0 Å². The first-order chi connectivity index (χ1) is 5.31. The number of aliphatic hydroxyl groups is 1. The highest BCUT2D eigenvalue weighted by molar-refractivity contribution is 7.07. The van der Waals surface area contributed by atoms with E-state index < -0.39 is 5.60 Å². The molecule has 1 aromatic rings. The van der Waals surface area contributed by atoms with Crippen LogP contribution < -0.4 is 0 Å². The van der Waals surface area contributed by atoms with Crippen LogP contribution in [0.15, 0.2) is 11.4 Å². The summed E-state index contributed by atoms with van der Waals surface area (Å²) in [6.45, 7) is 0. The van der Waals surface area contributed by atoms with E-state index in [1.165, 1.54) is 11.3 Å². The topological polar surface area (TPSA) is 20.2 Å². The molecule has 0 aliphatic heterocycles. The van der Waals surface area contributed by atoms with Gasteiger partial charge in [0, 0.05) is 5.56 Å². The summed E-state index contributed by atoms with van der Waals surface area (Å²) < 4.78 is 0. The first-order valence-corrected chi connectivity index (χ1v) is 4.87. The van der Waals surface area contributed by atoms with Gasteiger partial charge >= 0.3 is 0 Å². The second kappa shape index (κ2) is 2.61. The minimum Gasteiger partial charge on any atom is -0.385 e. The summed E-state index contributed by atoms with van der Waals surface area (Å²) >= 11 is 1.54. The van der Waals surface area contributed by atoms with Crippen LogP contribution in [0.2, 0.25) is 0 Å². The van der Waals surface area contributed by atoms with Gasteiger partial charge < -0.3 is 5.11 Å². The van der Waals surface area contributed by atoms with Crippen LogP contribution in [0.4, 0.5) is 0 Å². The lowest BCUT2D eigenvalue weighted by atomic mass is 9.95. The molecule has 1 saturated carbocycles. The maximum Gasteiger partial charge on any atom is 0.0911 e. The first-order valence-electron chi connectivity index (χ1n) is 3.99. The fourth-order valence-corrected chi connectivity index (χ4v) is 2.37. The highest BCUT2D eigenvalue weighted by atomic mass is 32.1. The Morgan fingerprint density at radius 2 is 2.18 bits per heavy atom. The van der Waals surface area contributed by atoms with Crippen molar-refractivity contribution in [1.82, 2.24) is 0 Å². The molecule has 1 aliphatic rings. The van der Waals surface area contributed by atoms with Crippen molar-refractivity contribution < 1.29 is 5.11 Å². The van der Waals surface area contributed by atoms with Gasteiger partial charge in [0.2, 0.25) is 0 Å². The molecule has 0 atom stereocenters. The van der Waals surface area contributed by atoms with Crippen LogP contribution in [-0.2, 0) is 5.60 Å². The average Bonchev–Trinajstić information content (AvgIpc) is 2.55. The van der Waals surface area contributed by atoms with E-state index in [0.717, 1.165) is 31.2 Å². The second-order valence-electron chi connectivity index (χ2n) is 3.18. The summed E-state index contributed by atoms with van der Waals surface area (Å²) in [6.07, 6.45) is 4.14. The molecule has 0 saturated heterocycles. The van der Waals surface area contributed by atoms with Crippen LogP contribution in [-0.4, -0.2) is 5.11 Å². The maximum atomic E-state index is 10.0. The lowest BCUT2D eigenvalue weighted by molar-refractivity contribution is 0.0447. The molecule has 1 radical (unpaired) electrons. The van der Waals surface area contributed by atoms with Gasteiger partial charge in [-0.2, -0.15) is 0 Å². The fourth-order valence-electron chi connectivity index (χ4n) is 1.71. The number of hydrogen-bond donors (Lipinski definition) is 1. The molecule has 0 unspecified atom stereocenters. The van der Waals surface area contributed by atoms with Crippen LogP contribution in [0, 0.1) is 5.38 Å². The normalized spacial score (nSPS) is 22.3. The third kappa shape index (κ3) is 1.21. The largest absolute Gasteiger partial charge is 0.385 e. The number of thiophene rings is 1. The lowest BCUT2D eigenvalue weighted by Crippen LogP contribution is -2.19. The summed E-state index contributed by atoms with van der Waals surface area (Å²) in [5.41, 5.74) is 0.472. The lowest BCUT2D eigenvalue weighted by Gasteiger charge is -2.19.